The van der Waals surface area contributed by atoms with Gasteiger partial charge in [-0.1, -0.05) is 159 Å². The first-order valence-electron chi connectivity index (χ1n) is 22.1. The number of carbonyl (C=O) groups is 2. The Morgan fingerprint density at radius 1 is 0.564 bits per heavy atom. The summed E-state index contributed by atoms with van der Waals surface area (Å²) in [6, 6.07) is 0. The highest BCUT2D eigenvalue weighted by molar-refractivity contribution is 7.47. The maximum Gasteiger partial charge on any atom is 0.472 e. The van der Waals surface area contributed by atoms with Crippen molar-refractivity contribution in [3.8, 4) is 0 Å². The van der Waals surface area contributed by atoms with Gasteiger partial charge in [0.25, 0.3) is 0 Å². The Morgan fingerprint density at radius 3 is 1.51 bits per heavy atom. The highest BCUT2D eigenvalue weighted by Crippen LogP contribution is 2.43. The number of phosphoric ester groups is 1. The van der Waals surface area contributed by atoms with Gasteiger partial charge in [-0.3, -0.25) is 18.6 Å². The average molecular weight is 796 g/mol. The van der Waals surface area contributed by atoms with Crippen molar-refractivity contribution < 1.29 is 37.6 Å². The quantitative estimate of drug-likeness (QED) is 0.0268. The average Bonchev–Trinajstić information content (AvgIpc) is 3.17. The molecule has 0 aliphatic carbocycles. The summed E-state index contributed by atoms with van der Waals surface area (Å²) in [6.45, 7) is 3.60. The fourth-order valence-corrected chi connectivity index (χ4v) is 6.70. The Balaban J connectivity index is 4.16. The number of ether oxygens (including phenoxy) is 2. The van der Waals surface area contributed by atoms with Crippen LogP contribution < -0.4 is 5.73 Å². The van der Waals surface area contributed by atoms with E-state index in [2.05, 4.69) is 62.5 Å². The van der Waals surface area contributed by atoms with Gasteiger partial charge in [-0.2, -0.15) is 0 Å². The summed E-state index contributed by atoms with van der Waals surface area (Å²) in [5.41, 5.74) is 5.35. The van der Waals surface area contributed by atoms with Gasteiger partial charge in [0.1, 0.15) is 6.61 Å². The van der Waals surface area contributed by atoms with Crippen LogP contribution in [-0.4, -0.2) is 49.3 Å². The molecule has 0 heterocycles. The molecule has 0 spiro atoms. The molecule has 0 rings (SSSR count). The van der Waals surface area contributed by atoms with Gasteiger partial charge < -0.3 is 20.1 Å². The van der Waals surface area contributed by atoms with Crippen molar-refractivity contribution in [1.29, 1.82) is 0 Å². The van der Waals surface area contributed by atoms with Gasteiger partial charge in [0.15, 0.2) is 6.10 Å². The molecule has 0 amide bonds. The van der Waals surface area contributed by atoms with Crippen LogP contribution in [0.3, 0.4) is 0 Å². The summed E-state index contributed by atoms with van der Waals surface area (Å²) in [7, 11) is -4.38. The summed E-state index contributed by atoms with van der Waals surface area (Å²) in [4.78, 5) is 34.9. The fraction of sp³-hybridized carbons (Fsp3) is 0.778. The summed E-state index contributed by atoms with van der Waals surface area (Å²) in [5, 5.41) is 0. The minimum Gasteiger partial charge on any atom is -0.462 e. The maximum atomic E-state index is 12.6. The smallest absolute Gasteiger partial charge is 0.462 e. The molecular formula is C45H82NO8P. The number of nitrogens with two attached hydrogens (primary N) is 1. The van der Waals surface area contributed by atoms with Crippen LogP contribution in [0.4, 0.5) is 0 Å². The zero-order valence-corrected chi connectivity index (χ0v) is 36.0. The van der Waals surface area contributed by atoms with Crippen LogP contribution >= 0.6 is 7.82 Å². The summed E-state index contributed by atoms with van der Waals surface area (Å²) < 4.78 is 32.8. The second kappa shape index (κ2) is 41.6. The summed E-state index contributed by atoms with van der Waals surface area (Å²) in [5.74, 6) is -0.853. The van der Waals surface area contributed by atoms with Gasteiger partial charge in [-0.05, 0) is 70.6 Å². The number of unbranched alkanes of at least 4 members (excludes halogenated alkanes) is 20. The molecule has 320 valence electrons. The first-order chi connectivity index (χ1) is 26.8. The first kappa shape index (κ1) is 53.0. The minimum absolute atomic E-state index is 0.0488. The number of hydrogen-bond acceptors (Lipinski definition) is 8. The normalized spacial score (nSPS) is 13.7. The molecule has 0 radical (unpaired) electrons. The molecule has 9 nitrogen and oxygen atoms in total. The lowest BCUT2D eigenvalue weighted by Crippen LogP contribution is -2.29. The molecule has 55 heavy (non-hydrogen) atoms. The topological polar surface area (TPSA) is 134 Å². The maximum absolute atomic E-state index is 12.6. The van der Waals surface area contributed by atoms with Crippen molar-refractivity contribution in [3.05, 3.63) is 48.6 Å². The van der Waals surface area contributed by atoms with E-state index in [1.807, 2.05) is 0 Å². The number of allylic oxidation sites excluding steroid dienone is 8. The van der Waals surface area contributed by atoms with Crippen molar-refractivity contribution in [2.24, 2.45) is 5.73 Å². The van der Waals surface area contributed by atoms with E-state index in [0.29, 0.717) is 12.8 Å². The predicted octanol–water partition coefficient (Wildman–Crippen LogP) is 12.7. The second-order valence-corrected chi connectivity index (χ2v) is 16.0. The molecule has 0 fully saturated rings. The van der Waals surface area contributed by atoms with Crippen LogP contribution in [0.15, 0.2) is 48.6 Å². The second-order valence-electron chi connectivity index (χ2n) is 14.5. The van der Waals surface area contributed by atoms with E-state index in [1.54, 1.807) is 0 Å². The molecule has 0 aliphatic heterocycles. The highest BCUT2D eigenvalue weighted by Gasteiger charge is 2.26. The molecule has 0 aromatic carbocycles. The monoisotopic (exact) mass is 796 g/mol. The third-order valence-electron chi connectivity index (χ3n) is 9.20. The van der Waals surface area contributed by atoms with Crippen molar-refractivity contribution in [2.45, 2.75) is 200 Å². The molecule has 2 atom stereocenters. The lowest BCUT2D eigenvalue weighted by molar-refractivity contribution is -0.161. The highest BCUT2D eigenvalue weighted by atomic mass is 31.2. The van der Waals surface area contributed by atoms with Gasteiger partial charge in [-0.25, -0.2) is 4.57 Å². The third kappa shape index (κ3) is 41.4. The number of esters is 2. The summed E-state index contributed by atoms with van der Waals surface area (Å²) >= 11 is 0. The van der Waals surface area contributed by atoms with E-state index in [1.165, 1.54) is 77.0 Å². The molecule has 0 aliphatic rings. The van der Waals surface area contributed by atoms with Crippen molar-refractivity contribution in [2.75, 3.05) is 26.4 Å². The molecule has 0 aromatic heterocycles. The van der Waals surface area contributed by atoms with Gasteiger partial charge in [-0.15, -0.1) is 0 Å². The lowest BCUT2D eigenvalue weighted by atomic mass is 10.1. The Morgan fingerprint density at radius 2 is 1.00 bits per heavy atom. The SMILES string of the molecule is CC/C=C\C/C=C\C/C=C\CCCCCCCC(=O)OC[C@H](COP(=O)(O)OCCN)OC(=O)CCCCCCCCC/C=C\CCCCCCCCCC. The van der Waals surface area contributed by atoms with Gasteiger partial charge in [0.2, 0.25) is 0 Å². The molecular weight excluding hydrogens is 713 g/mol. The van der Waals surface area contributed by atoms with E-state index in [9.17, 15) is 19.0 Å². The van der Waals surface area contributed by atoms with Crippen LogP contribution in [0.5, 0.6) is 0 Å². The number of hydrogen-bond donors (Lipinski definition) is 2. The lowest BCUT2D eigenvalue weighted by Gasteiger charge is -2.19. The van der Waals surface area contributed by atoms with Gasteiger partial charge in [0, 0.05) is 19.4 Å². The van der Waals surface area contributed by atoms with E-state index in [0.717, 1.165) is 77.0 Å². The standard InChI is InChI=1S/C45H82NO8P/c1-3-5-7-9-11-13-15-17-19-20-21-22-24-26-28-30-32-34-36-38-45(48)54-43(42-53-55(49,50)52-40-39-46)41-51-44(47)37-35-33-31-29-27-25-23-18-16-14-12-10-8-6-4-2/h6,8,12,14,18,20-21,23,43H,3-5,7,9-11,13,15-17,19,22,24-42,46H2,1-2H3,(H,49,50)/b8-6-,14-12-,21-20-,23-18-/t43-/m1/s1. The predicted molar refractivity (Wildman–Crippen MR) is 229 cm³/mol. The number of carbonyl (C=O) groups excluding carboxylic acids is 2. The third-order valence-corrected chi connectivity index (χ3v) is 10.2. The first-order valence-corrected chi connectivity index (χ1v) is 23.6. The molecule has 0 aromatic rings. The molecule has 0 saturated carbocycles. The fourth-order valence-electron chi connectivity index (χ4n) is 5.94. The van der Waals surface area contributed by atoms with Crippen LogP contribution in [0.1, 0.15) is 194 Å². The largest absolute Gasteiger partial charge is 0.472 e. The molecule has 1 unspecified atom stereocenters. The van der Waals surface area contributed by atoms with Crippen LogP contribution in [0.2, 0.25) is 0 Å². The number of phosphoric acid groups is 1. The zero-order chi connectivity index (χ0) is 40.3. The molecule has 10 heteroatoms. The van der Waals surface area contributed by atoms with Gasteiger partial charge in [0.05, 0.1) is 13.2 Å². The molecule has 3 N–H and O–H groups in total. The van der Waals surface area contributed by atoms with E-state index in [4.69, 9.17) is 24.3 Å². The van der Waals surface area contributed by atoms with Crippen LogP contribution in [0.25, 0.3) is 0 Å². The Bertz CT molecular complexity index is 1040. The van der Waals surface area contributed by atoms with Crippen LogP contribution in [0, 0.1) is 0 Å². The molecule has 0 bridgehead atoms. The van der Waals surface area contributed by atoms with Crippen molar-refractivity contribution >= 4 is 19.8 Å². The molecule has 0 saturated heterocycles. The minimum atomic E-state index is -4.38. The summed E-state index contributed by atoms with van der Waals surface area (Å²) in [6.07, 6.45) is 47.1. The Hall–Kier alpha value is -2.03. The number of rotatable bonds is 41. The van der Waals surface area contributed by atoms with Gasteiger partial charge >= 0.3 is 19.8 Å². The van der Waals surface area contributed by atoms with E-state index < -0.39 is 32.5 Å². The zero-order valence-electron chi connectivity index (χ0n) is 35.2. The van der Waals surface area contributed by atoms with E-state index in [-0.39, 0.29) is 32.6 Å². The van der Waals surface area contributed by atoms with Crippen molar-refractivity contribution in [1.82, 2.24) is 0 Å². The van der Waals surface area contributed by atoms with E-state index >= 15 is 0 Å². The Labute approximate surface area is 336 Å². The Kier molecular flexibility index (Phi) is 40.1. The van der Waals surface area contributed by atoms with Crippen LogP contribution in [-0.2, 0) is 32.7 Å². The van der Waals surface area contributed by atoms with Crippen molar-refractivity contribution in [3.63, 3.8) is 0 Å².